The van der Waals surface area contributed by atoms with Crippen LogP contribution in [0.5, 0.6) is 5.75 Å². The van der Waals surface area contributed by atoms with Crippen LogP contribution in [0.1, 0.15) is 10.4 Å². The van der Waals surface area contributed by atoms with Gasteiger partial charge >= 0.3 is 0 Å². The lowest BCUT2D eigenvalue weighted by molar-refractivity contribution is 0.102. The monoisotopic (exact) mass is 472 g/mol. The zero-order chi connectivity index (χ0) is 20.9. The fraction of sp³-hybridized carbons (Fsp3) is 0.118. The van der Waals surface area contributed by atoms with E-state index >= 15 is 0 Å². The number of benzene rings is 2. The van der Waals surface area contributed by atoms with E-state index in [2.05, 4.69) is 20.2 Å². The zero-order valence-corrected chi connectivity index (χ0v) is 17.8. The van der Waals surface area contributed by atoms with Gasteiger partial charge in [0.2, 0.25) is 9.47 Å². The average molecular weight is 473 g/mol. The van der Waals surface area contributed by atoms with Crippen LogP contribution in [-0.4, -0.2) is 37.7 Å². The number of aromatic nitrogens is 2. The minimum Gasteiger partial charge on any atom is -0.491 e. The molecule has 1 aromatic heterocycles. The summed E-state index contributed by atoms with van der Waals surface area (Å²) >= 11 is 12.5. The maximum Gasteiger partial charge on any atom is 0.269 e. The third-order valence-electron chi connectivity index (χ3n) is 3.45. The highest BCUT2D eigenvalue weighted by Crippen LogP contribution is 2.23. The number of halogens is 2. The average Bonchev–Trinajstić information content (AvgIpc) is 3.16. The molecule has 0 aliphatic heterocycles. The van der Waals surface area contributed by atoms with Crippen LogP contribution in [0.15, 0.2) is 52.9 Å². The number of sulfonamides is 1. The van der Waals surface area contributed by atoms with E-state index in [1.165, 1.54) is 12.1 Å². The summed E-state index contributed by atoms with van der Waals surface area (Å²) in [5.41, 5.74) is 0.351. The smallest absolute Gasteiger partial charge is 0.269 e. The van der Waals surface area contributed by atoms with Crippen LogP contribution >= 0.6 is 34.5 Å². The van der Waals surface area contributed by atoms with Crippen LogP contribution in [0.25, 0.3) is 0 Å². The van der Waals surface area contributed by atoms with Crippen LogP contribution in [0.4, 0.5) is 5.13 Å². The number of amides is 1. The van der Waals surface area contributed by atoms with Crippen molar-refractivity contribution in [3.8, 4) is 5.75 Å². The molecule has 0 atom stereocenters. The van der Waals surface area contributed by atoms with Crippen molar-refractivity contribution in [1.82, 2.24) is 14.9 Å². The van der Waals surface area contributed by atoms with Crippen LogP contribution in [0.2, 0.25) is 10.0 Å². The second kappa shape index (κ2) is 9.51. The molecule has 8 nitrogen and oxygen atoms in total. The first-order valence-corrected chi connectivity index (χ1v) is 11.2. The third kappa shape index (κ3) is 5.87. The van der Waals surface area contributed by atoms with Crippen LogP contribution in [-0.2, 0) is 10.0 Å². The van der Waals surface area contributed by atoms with Crippen molar-refractivity contribution in [2.24, 2.45) is 0 Å². The molecule has 0 fully saturated rings. The summed E-state index contributed by atoms with van der Waals surface area (Å²) in [5.74, 6) is -0.000610. The van der Waals surface area contributed by atoms with Crippen molar-refractivity contribution in [2.75, 3.05) is 18.5 Å². The fourth-order valence-electron chi connectivity index (χ4n) is 2.10. The second-order valence-electron chi connectivity index (χ2n) is 5.51. The topological polar surface area (TPSA) is 110 Å². The maximum absolute atomic E-state index is 12.3. The van der Waals surface area contributed by atoms with E-state index in [0.29, 0.717) is 21.4 Å². The van der Waals surface area contributed by atoms with Gasteiger partial charge in [-0.25, -0.2) is 13.1 Å². The molecule has 0 unspecified atom stereocenters. The van der Waals surface area contributed by atoms with Gasteiger partial charge in [0.25, 0.3) is 15.9 Å². The minimum absolute atomic E-state index is 0.000393. The summed E-state index contributed by atoms with van der Waals surface area (Å²) in [6, 6.07) is 13.1. The van der Waals surface area contributed by atoms with Crippen molar-refractivity contribution >= 4 is 55.6 Å². The Hall–Kier alpha value is -2.24. The first kappa shape index (κ1) is 21.5. The molecule has 0 aliphatic rings. The highest BCUT2D eigenvalue weighted by Gasteiger charge is 2.21. The highest BCUT2D eigenvalue weighted by molar-refractivity contribution is 7.91. The maximum atomic E-state index is 12.3. The Bertz CT molecular complexity index is 1100. The van der Waals surface area contributed by atoms with Gasteiger partial charge in [0.15, 0.2) is 0 Å². The predicted octanol–water partition coefficient (Wildman–Crippen LogP) is 3.45. The number of hydrogen-bond acceptors (Lipinski definition) is 7. The molecule has 152 valence electrons. The number of para-hydroxylation sites is 1. The van der Waals surface area contributed by atoms with Gasteiger partial charge in [-0.15, -0.1) is 10.2 Å². The Labute approximate surface area is 180 Å². The van der Waals surface area contributed by atoms with Crippen LogP contribution in [0.3, 0.4) is 0 Å². The Morgan fingerprint density at radius 3 is 2.52 bits per heavy atom. The molecule has 0 saturated carbocycles. The predicted molar refractivity (Wildman–Crippen MR) is 111 cm³/mol. The zero-order valence-electron chi connectivity index (χ0n) is 14.6. The largest absolute Gasteiger partial charge is 0.491 e. The van der Waals surface area contributed by atoms with Crippen molar-refractivity contribution in [2.45, 2.75) is 4.34 Å². The molecule has 1 amide bonds. The second-order valence-corrected chi connectivity index (χ2v) is 9.27. The summed E-state index contributed by atoms with van der Waals surface area (Å²) in [5, 5.41) is 10.8. The Morgan fingerprint density at radius 1 is 1.07 bits per heavy atom. The molecule has 1 heterocycles. The van der Waals surface area contributed by atoms with Crippen LogP contribution in [0, 0.1) is 0 Å². The highest BCUT2D eigenvalue weighted by atomic mass is 35.5. The van der Waals surface area contributed by atoms with Crippen molar-refractivity contribution in [3.63, 3.8) is 0 Å². The molecule has 0 bridgehead atoms. The molecule has 3 aromatic rings. The molecule has 0 saturated heterocycles. The molecule has 0 aliphatic carbocycles. The number of carbonyl (C=O) groups is 1. The van der Waals surface area contributed by atoms with E-state index < -0.39 is 15.9 Å². The third-order valence-corrected chi connectivity index (χ3v) is 6.68. The van der Waals surface area contributed by atoms with Gasteiger partial charge in [-0.05, 0) is 36.4 Å². The van der Waals surface area contributed by atoms with E-state index in [1.807, 2.05) is 0 Å². The molecule has 0 radical (unpaired) electrons. The number of carbonyl (C=O) groups excluding carboxylic acids is 1. The number of anilines is 1. The van der Waals surface area contributed by atoms with E-state index in [1.54, 1.807) is 36.4 Å². The normalized spacial score (nSPS) is 11.2. The quantitative estimate of drug-likeness (QED) is 0.383. The summed E-state index contributed by atoms with van der Waals surface area (Å²) < 4.78 is 32.1. The Kier molecular flexibility index (Phi) is 7.04. The molecular formula is C17H14Cl2N4O4S2. The molecule has 3 rings (SSSR count). The van der Waals surface area contributed by atoms with Gasteiger partial charge in [-0.3, -0.25) is 10.1 Å². The standard InChI is InChI=1S/C17H14Cl2N4O4S2/c18-12-7-5-11(6-8-12)15(24)21-16-22-23-17(28-16)29(25,26)20-9-10-27-14-4-2-1-3-13(14)19/h1-8,20H,9-10H2,(H,21,22,24). The fourth-order valence-corrected chi connectivity index (χ4v) is 4.36. The molecule has 29 heavy (non-hydrogen) atoms. The summed E-state index contributed by atoms with van der Waals surface area (Å²) in [4.78, 5) is 12.1. The Balaban J connectivity index is 1.54. The van der Waals surface area contributed by atoms with Gasteiger partial charge < -0.3 is 4.74 Å². The molecule has 2 N–H and O–H groups in total. The molecule has 12 heteroatoms. The van der Waals surface area contributed by atoms with E-state index in [9.17, 15) is 13.2 Å². The number of nitrogens with zero attached hydrogens (tertiary/aromatic N) is 2. The van der Waals surface area contributed by atoms with E-state index in [-0.39, 0.29) is 22.6 Å². The van der Waals surface area contributed by atoms with Gasteiger partial charge in [0.05, 0.1) is 5.02 Å². The van der Waals surface area contributed by atoms with Gasteiger partial charge in [0, 0.05) is 17.1 Å². The van der Waals surface area contributed by atoms with Gasteiger partial charge in [-0.2, -0.15) is 0 Å². The molecule has 2 aromatic carbocycles. The van der Waals surface area contributed by atoms with E-state index in [0.717, 1.165) is 11.3 Å². The number of ether oxygens (including phenoxy) is 1. The van der Waals surface area contributed by atoms with Crippen molar-refractivity contribution in [1.29, 1.82) is 0 Å². The SMILES string of the molecule is O=C(Nc1nnc(S(=O)(=O)NCCOc2ccccc2Cl)s1)c1ccc(Cl)cc1. The van der Waals surface area contributed by atoms with Crippen LogP contribution < -0.4 is 14.8 Å². The summed E-state index contributed by atoms with van der Waals surface area (Å²) in [7, 11) is -3.90. The lowest BCUT2D eigenvalue weighted by Crippen LogP contribution is -2.28. The molecular weight excluding hydrogens is 459 g/mol. The van der Waals surface area contributed by atoms with E-state index in [4.69, 9.17) is 27.9 Å². The summed E-state index contributed by atoms with van der Waals surface area (Å²) in [6.07, 6.45) is 0. The lowest BCUT2D eigenvalue weighted by atomic mass is 10.2. The number of nitrogens with one attached hydrogen (secondary N) is 2. The minimum atomic E-state index is -3.90. The number of hydrogen-bond donors (Lipinski definition) is 2. The van der Waals surface area contributed by atoms with Crippen molar-refractivity contribution in [3.05, 3.63) is 64.1 Å². The molecule has 0 spiro atoms. The number of rotatable bonds is 8. The Morgan fingerprint density at radius 2 is 1.79 bits per heavy atom. The lowest BCUT2D eigenvalue weighted by Gasteiger charge is -2.08. The van der Waals surface area contributed by atoms with Crippen molar-refractivity contribution < 1.29 is 17.9 Å². The van der Waals surface area contributed by atoms with Gasteiger partial charge in [0.1, 0.15) is 12.4 Å². The first-order chi connectivity index (χ1) is 13.8. The first-order valence-electron chi connectivity index (χ1n) is 8.12. The summed E-state index contributed by atoms with van der Waals surface area (Å²) in [6.45, 7) is 0.0710. The van der Waals surface area contributed by atoms with Gasteiger partial charge in [-0.1, -0.05) is 46.7 Å².